The van der Waals surface area contributed by atoms with Crippen molar-refractivity contribution in [2.24, 2.45) is 0 Å². The second kappa shape index (κ2) is 6.49. The molecule has 0 bridgehead atoms. The van der Waals surface area contributed by atoms with Crippen LogP contribution in [0, 0.1) is 11.6 Å². The summed E-state index contributed by atoms with van der Waals surface area (Å²) in [6, 6.07) is 12.7. The fourth-order valence-electron chi connectivity index (χ4n) is 2.26. The molecule has 2 N–H and O–H groups in total. The van der Waals surface area contributed by atoms with Gasteiger partial charge in [0.2, 0.25) is 0 Å². The summed E-state index contributed by atoms with van der Waals surface area (Å²) in [7, 11) is 0. The smallest absolute Gasteiger partial charge is 0.123 e. The highest BCUT2D eigenvalue weighted by molar-refractivity contribution is 5.62. The predicted octanol–water partition coefficient (Wildman–Crippen LogP) is 3.64. The van der Waals surface area contributed by atoms with E-state index in [-0.39, 0.29) is 11.6 Å². The van der Waals surface area contributed by atoms with Crippen molar-refractivity contribution in [2.75, 3.05) is 0 Å². The van der Waals surface area contributed by atoms with Crippen molar-refractivity contribution in [2.45, 2.75) is 13.1 Å². The molecule has 0 fully saturated rings. The molecule has 0 aliphatic rings. The van der Waals surface area contributed by atoms with E-state index in [9.17, 15) is 8.78 Å². The number of halogens is 2. The van der Waals surface area contributed by atoms with Gasteiger partial charge < -0.3 is 5.32 Å². The molecule has 3 aromatic rings. The second-order valence-electron chi connectivity index (χ2n) is 5.01. The third kappa shape index (κ3) is 3.38. The van der Waals surface area contributed by atoms with Gasteiger partial charge in [0, 0.05) is 24.2 Å². The number of aromatic amines is 1. The summed E-state index contributed by atoms with van der Waals surface area (Å²) in [6.07, 6.45) is 1.75. The number of hydrogen-bond acceptors (Lipinski definition) is 2. The monoisotopic (exact) mass is 299 g/mol. The molecule has 0 radical (unpaired) electrons. The van der Waals surface area contributed by atoms with Gasteiger partial charge in [-0.3, -0.25) is 5.10 Å². The van der Waals surface area contributed by atoms with Gasteiger partial charge >= 0.3 is 0 Å². The minimum absolute atomic E-state index is 0.239. The lowest BCUT2D eigenvalue weighted by Crippen LogP contribution is -2.12. The molecule has 3 nitrogen and oxygen atoms in total. The van der Waals surface area contributed by atoms with Gasteiger partial charge in [0.25, 0.3) is 0 Å². The Bertz CT molecular complexity index is 733. The molecule has 0 saturated carbocycles. The van der Waals surface area contributed by atoms with E-state index in [1.165, 1.54) is 24.3 Å². The van der Waals surface area contributed by atoms with Gasteiger partial charge in [0.05, 0.1) is 11.9 Å². The van der Waals surface area contributed by atoms with E-state index in [0.717, 1.165) is 22.4 Å². The third-order valence-corrected chi connectivity index (χ3v) is 3.41. The molecule has 2 aromatic carbocycles. The molecule has 0 unspecified atom stereocenters. The Morgan fingerprint density at radius 2 is 1.50 bits per heavy atom. The van der Waals surface area contributed by atoms with Gasteiger partial charge in [-0.1, -0.05) is 12.1 Å². The normalized spacial score (nSPS) is 10.8. The van der Waals surface area contributed by atoms with Crippen molar-refractivity contribution in [1.29, 1.82) is 0 Å². The fourth-order valence-corrected chi connectivity index (χ4v) is 2.26. The molecule has 0 saturated heterocycles. The maximum atomic E-state index is 13.0. The van der Waals surface area contributed by atoms with Crippen LogP contribution in [0.15, 0.2) is 54.7 Å². The Labute approximate surface area is 127 Å². The molecular weight excluding hydrogens is 284 g/mol. The van der Waals surface area contributed by atoms with Crippen molar-refractivity contribution in [3.63, 3.8) is 0 Å². The van der Waals surface area contributed by atoms with Crippen molar-refractivity contribution in [1.82, 2.24) is 15.5 Å². The van der Waals surface area contributed by atoms with Crippen LogP contribution in [0.4, 0.5) is 8.78 Å². The first kappa shape index (κ1) is 14.4. The van der Waals surface area contributed by atoms with Gasteiger partial charge in [-0.15, -0.1) is 0 Å². The molecule has 1 heterocycles. The van der Waals surface area contributed by atoms with Crippen LogP contribution in [0.3, 0.4) is 0 Å². The highest BCUT2D eigenvalue weighted by Gasteiger charge is 2.07. The van der Waals surface area contributed by atoms with Crippen LogP contribution in [-0.4, -0.2) is 10.2 Å². The van der Waals surface area contributed by atoms with E-state index < -0.39 is 0 Å². The fraction of sp³-hybridized carbons (Fsp3) is 0.118. The highest BCUT2D eigenvalue weighted by atomic mass is 19.1. The first-order chi connectivity index (χ1) is 10.7. The summed E-state index contributed by atoms with van der Waals surface area (Å²) in [5.41, 5.74) is 3.76. The highest BCUT2D eigenvalue weighted by Crippen LogP contribution is 2.21. The van der Waals surface area contributed by atoms with Crippen LogP contribution < -0.4 is 5.32 Å². The molecule has 112 valence electrons. The predicted molar refractivity (Wildman–Crippen MR) is 80.9 cm³/mol. The summed E-state index contributed by atoms with van der Waals surface area (Å²) >= 11 is 0. The molecule has 0 aliphatic heterocycles. The maximum Gasteiger partial charge on any atom is 0.123 e. The average molecular weight is 299 g/mol. The topological polar surface area (TPSA) is 40.7 Å². The lowest BCUT2D eigenvalue weighted by molar-refractivity contribution is 0.625. The number of rotatable bonds is 5. The summed E-state index contributed by atoms with van der Waals surface area (Å²) in [6.45, 7) is 1.24. The Morgan fingerprint density at radius 3 is 2.18 bits per heavy atom. The van der Waals surface area contributed by atoms with E-state index in [0.29, 0.717) is 13.1 Å². The van der Waals surface area contributed by atoms with Gasteiger partial charge in [0.1, 0.15) is 11.6 Å². The van der Waals surface area contributed by atoms with Crippen molar-refractivity contribution >= 4 is 0 Å². The van der Waals surface area contributed by atoms with Crippen LogP contribution in [0.5, 0.6) is 0 Å². The maximum absolute atomic E-state index is 13.0. The summed E-state index contributed by atoms with van der Waals surface area (Å²) < 4.78 is 25.8. The van der Waals surface area contributed by atoms with E-state index in [1.54, 1.807) is 30.5 Å². The number of H-pyrrole nitrogens is 1. The van der Waals surface area contributed by atoms with E-state index in [4.69, 9.17) is 0 Å². The minimum atomic E-state index is -0.265. The lowest BCUT2D eigenvalue weighted by atomic mass is 10.1. The minimum Gasteiger partial charge on any atom is -0.308 e. The standard InChI is InChI=1S/C17H15F2N3/c18-15-5-1-12(2-6-15)9-20-10-14-11-21-22-17(14)13-3-7-16(19)8-4-13/h1-8,11,20H,9-10H2,(H,21,22). The zero-order valence-corrected chi connectivity index (χ0v) is 11.8. The number of hydrogen-bond donors (Lipinski definition) is 2. The first-order valence-corrected chi connectivity index (χ1v) is 6.96. The van der Waals surface area contributed by atoms with Crippen molar-refractivity contribution < 1.29 is 8.78 Å². The molecule has 0 atom stereocenters. The lowest BCUT2D eigenvalue weighted by Gasteiger charge is -2.06. The number of aromatic nitrogens is 2. The van der Waals surface area contributed by atoms with Gasteiger partial charge in [-0.2, -0.15) is 5.10 Å². The summed E-state index contributed by atoms with van der Waals surface area (Å²) in [5.74, 6) is -0.503. The molecule has 0 amide bonds. The number of nitrogens with zero attached hydrogens (tertiary/aromatic N) is 1. The van der Waals surface area contributed by atoms with Gasteiger partial charge in [0.15, 0.2) is 0 Å². The summed E-state index contributed by atoms with van der Waals surface area (Å²) in [4.78, 5) is 0. The quantitative estimate of drug-likeness (QED) is 0.755. The molecule has 22 heavy (non-hydrogen) atoms. The molecule has 0 aliphatic carbocycles. The Balaban J connectivity index is 1.65. The van der Waals surface area contributed by atoms with Crippen LogP contribution in [-0.2, 0) is 13.1 Å². The molecule has 3 rings (SSSR count). The largest absolute Gasteiger partial charge is 0.308 e. The number of nitrogens with one attached hydrogen (secondary N) is 2. The zero-order valence-electron chi connectivity index (χ0n) is 11.8. The van der Waals surface area contributed by atoms with E-state index in [2.05, 4.69) is 15.5 Å². The van der Waals surface area contributed by atoms with Crippen LogP contribution in [0.25, 0.3) is 11.3 Å². The Morgan fingerprint density at radius 1 is 0.864 bits per heavy atom. The van der Waals surface area contributed by atoms with E-state index >= 15 is 0 Å². The van der Waals surface area contributed by atoms with Crippen LogP contribution in [0.1, 0.15) is 11.1 Å². The SMILES string of the molecule is Fc1ccc(CNCc2cn[nH]c2-c2ccc(F)cc2)cc1. The average Bonchev–Trinajstić information content (AvgIpc) is 2.98. The Hall–Kier alpha value is -2.53. The van der Waals surface area contributed by atoms with Crippen molar-refractivity contribution in [3.8, 4) is 11.3 Å². The summed E-state index contributed by atoms with van der Waals surface area (Å²) in [5, 5.41) is 10.3. The number of benzene rings is 2. The molecule has 1 aromatic heterocycles. The van der Waals surface area contributed by atoms with Gasteiger partial charge in [-0.25, -0.2) is 8.78 Å². The Kier molecular flexibility index (Phi) is 4.25. The van der Waals surface area contributed by atoms with Crippen LogP contribution in [0.2, 0.25) is 0 Å². The molecule has 0 spiro atoms. The molecule has 5 heteroatoms. The third-order valence-electron chi connectivity index (χ3n) is 3.41. The van der Waals surface area contributed by atoms with Gasteiger partial charge in [-0.05, 0) is 42.0 Å². The van der Waals surface area contributed by atoms with E-state index in [1.807, 2.05) is 0 Å². The zero-order chi connectivity index (χ0) is 15.4. The second-order valence-corrected chi connectivity index (χ2v) is 5.01. The van der Waals surface area contributed by atoms with Crippen molar-refractivity contribution in [3.05, 3.63) is 77.5 Å². The molecular formula is C17H15F2N3. The first-order valence-electron chi connectivity index (χ1n) is 6.96. The van der Waals surface area contributed by atoms with Crippen LogP contribution >= 0.6 is 0 Å².